The minimum Gasteiger partial charge on any atom is -0.496 e. The van der Waals surface area contributed by atoms with E-state index in [4.69, 9.17) is 4.74 Å². The van der Waals surface area contributed by atoms with Gasteiger partial charge in [-0.15, -0.1) is 0 Å². The van der Waals surface area contributed by atoms with Crippen molar-refractivity contribution in [2.45, 2.75) is 43.9 Å². The third-order valence-corrected chi connectivity index (χ3v) is 6.24. The van der Waals surface area contributed by atoms with Crippen molar-refractivity contribution in [2.24, 2.45) is 0 Å². The molecular weight excluding hydrogens is 395 g/mol. The van der Waals surface area contributed by atoms with Gasteiger partial charge in [-0.2, -0.15) is 13.2 Å². The van der Waals surface area contributed by atoms with Crippen molar-refractivity contribution in [3.8, 4) is 16.9 Å². The zero-order valence-corrected chi connectivity index (χ0v) is 17.1. The third kappa shape index (κ3) is 3.43. The number of likely N-dealkylation sites (N-methyl/N-ethyl adjacent to an activating group) is 1. The van der Waals surface area contributed by atoms with Gasteiger partial charge in [0.15, 0.2) is 0 Å². The van der Waals surface area contributed by atoms with Crippen LogP contribution in [0.5, 0.6) is 5.75 Å². The Labute approximate surface area is 173 Å². The number of pyridine rings is 1. The first-order valence-corrected chi connectivity index (χ1v) is 9.90. The molecule has 5 nitrogen and oxygen atoms in total. The van der Waals surface area contributed by atoms with Crippen LogP contribution >= 0.6 is 0 Å². The Hall–Kier alpha value is -2.61. The number of nitrogens with one attached hydrogen (secondary N) is 1. The van der Waals surface area contributed by atoms with Crippen LogP contribution in [-0.4, -0.2) is 42.0 Å². The van der Waals surface area contributed by atoms with Gasteiger partial charge in [0.25, 0.3) is 0 Å². The molecule has 1 spiro atoms. The molecule has 4 rings (SSSR count). The number of hydrogen-bond donors (Lipinski definition) is 1. The van der Waals surface area contributed by atoms with E-state index in [0.29, 0.717) is 5.56 Å². The Balaban J connectivity index is 1.68. The molecule has 3 heterocycles. The van der Waals surface area contributed by atoms with E-state index in [-0.39, 0.29) is 17.7 Å². The first-order chi connectivity index (χ1) is 14.1. The van der Waals surface area contributed by atoms with Gasteiger partial charge in [0.2, 0.25) is 5.91 Å². The first kappa shape index (κ1) is 20.7. The number of methoxy groups -OCH3 is 1. The number of aryl methyl sites for hydroxylation is 1. The van der Waals surface area contributed by atoms with Crippen molar-refractivity contribution in [1.82, 2.24) is 15.2 Å². The summed E-state index contributed by atoms with van der Waals surface area (Å²) in [7, 11) is 3.17. The molecule has 0 saturated carbocycles. The topological polar surface area (TPSA) is 54.5 Å². The maximum Gasteiger partial charge on any atom is 0.416 e. The van der Waals surface area contributed by atoms with Crippen molar-refractivity contribution in [1.29, 1.82) is 0 Å². The van der Waals surface area contributed by atoms with Crippen LogP contribution in [0.1, 0.15) is 42.1 Å². The fraction of sp³-hybridized carbons (Fsp3) is 0.455. The largest absolute Gasteiger partial charge is 0.496 e. The Kier molecular flexibility index (Phi) is 5.00. The summed E-state index contributed by atoms with van der Waals surface area (Å²) in [5.74, 6) is 0.273. The van der Waals surface area contributed by atoms with Crippen LogP contribution in [0.2, 0.25) is 0 Å². The van der Waals surface area contributed by atoms with E-state index >= 15 is 0 Å². The lowest BCUT2D eigenvalue weighted by molar-refractivity contribution is -0.137. The molecule has 1 aromatic carbocycles. The van der Waals surface area contributed by atoms with E-state index < -0.39 is 17.3 Å². The summed E-state index contributed by atoms with van der Waals surface area (Å²) in [6.07, 6.45) is -0.427. The number of carbonyl (C=O) groups is 1. The highest BCUT2D eigenvalue weighted by Crippen LogP contribution is 2.41. The van der Waals surface area contributed by atoms with Crippen LogP contribution in [0, 0.1) is 6.92 Å². The average Bonchev–Trinajstić information content (AvgIpc) is 3.27. The number of carbonyl (C=O) groups excluding carboxylic acids is 1. The van der Waals surface area contributed by atoms with Gasteiger partial charge in [0.05, 0.1) is 24.4 Å². The lowest BCUT2D eigenvalue weighted by Gasteiger charge is -2.23. The molecule has 160 valence electrons. The number of rotatable bonds is 3. The Morgan fingerprint density at radius 1 is 1.23 bits per heavy atom. The van der Waals surface area contributed by atoms with Crippen LogP contribution in [-0.2, 0) is 11.0 Å². The Bertz CT molecular complexity index is 992. The van der Waals surface area contributed by atoms with E-state index in [1.54, 1.807) is 11.1 Å². The lowest BCUT2D eigenvalue weighted by Crippen LogP contribution is -2.47. The minimum absolute atomic E-state index is 0.0831. The zero-order chi connectivity index (χ0) is 21.7. The molecule has 1 amide bonds. The maximum atomic E-state index is 13.1. The summed E-state index contributed by atoms with van der Waals surface area (Å²) in [6.45, 7) is 2.59. The van der Waals surface area contributed by atoms with Gasteiger partial charge in [-0.3, -0.25) is 15.1 Å². The molecule has 2 aliphatic rings. The SMILES string of the molecule is COc1cc(C(F)(F)F)ccc1-c1cc([C@@H]2CC[C@@]3(CCN(C)C3=O)N2)ncc1C. The standard InChI is InChI=1S/C22H24F3N3O2/c1-13-12-26-18(17-6-7-21(27-17)8-9-28(2)20(21)29)11-16(13)15-5-4-14(22(23,24)25)10-19(15)30-3/h4-5,10-12,17,27H,6-9H2,1-3H3/t17-,21-/m0/s1. The second-order valence-corrected chi connectivity index (χ2v) is 8.13. The number of likely N-dealkylation sites (tertiary alicyclic amines) is 1. The third-order valence-electron chi connectivity index (χ3n) is 6.24. The summed E-state index contributed by atoms with van der Waals surface area (Å²) < 4.78 is 44.5. The molecule has 2 aromatic rings. The predicted molar refractivity (Wildman–Crippen MR) is 106 cm³/mol. The predicted octanol–water partition coefficient (Wildman–Crippen LogP) is 4.11. The van der Waals surface area contributed by atoms with Crippen LogP contribution in [0.25, 0.3) is 11.1 Å². The highest BCUT2D eigenvalue weighted by atomic mass is 19.4. The number of aromatic nitrogens is 1. The van der Waals surface area contributed by atoms with Crippen LogP contribution in [0.4, 0.5) is 13.2 Å². The van der Waals surface area contributed by atoms with E-state index in [0.717, 1.165) is 54.8 Å². The minimum atomic E-state index is -4.44. The Morgan fingerprint density at radius 3 is 2.63 bits per heavy atom. The number of alkyl halides is 3. The molecule has 0 bridgehead atoms. The molecule has 8 heteroatoms. The van der Waals surface area contributed by atoms with E-state index in [1.807, 2.05) is 20.0 Å². The molecule has 2 atom stereocenters. The highest BCUT2D eigenvalue weighted by molar-refractivity contribution is 5.88. The van der Waals surface area contributed by atoms with Crippen molar-refractivity contribution in [3.63, 3.8) is 0 Å². The molecule has 2 aliphatic heterocycles. The van der Waals surface area contributed by atoms with Crippen molar-refractivity contribution >= 4 is 5.91 Å². The lowest BCUT2D eigenvalue weighted by atomic mass is 9.95. The summed E-state index contributed by atoms with van der Waals surface area (Å²) >= 11 is 0. The molecule has 1 aromatic heterocycles. The molecule has 2 fully saturated rings. The fourth-order valence-electron chi connectivity index (χ4n) is 4.50. The molecule has 1 N–H and O–H groups in total. The van der Waals surface area contributed by atoms with E-state index in [9.17, 15) is 18.0 Å². The summed E-state index contributed by atoms with van der Waals surface area (Å²) in [5, 5.41) is 3.48. The molecular formula is C22H24F3N3O2. The molecule has 30 heavy (non-hydrogen) atoms. The summed E-state index contributed by atoms with van der Waals surface area (Å²) in [5.41, 5.74) is 1.67. The molecule has 0 radical (unpaired) electrons. The second kappa shape index (κ2) is 7.27. The van der Waals surface area contributed by atoms with Crippen molar-refractivity contribution in [2.75, 3.05) is 20.7 Å². The number of nitrogens with zero attached hydrogens (tertiary/aromatic N) is 2. The molecule has 2 saturated heterocycles. The van der Waals surface area contributed by atoms with E-state index in [1.165, 1.54) is 13.2 Å². The van der Waals surface area contributed by atoms with Gasteiger partial charge in [-0.25, -0.2) is 0 Å². The number of benzene rings is 1. The monoisotopic (exact) mass is 419 g/mol. The summed E-state index contributed by atoms with van der Waals surface area (Å²) in [4.78, 5) is 18.9. The zero-order valence-electron chi connectivity index (χ0n) is 17.1. The van der Waals surface area contributed by atoms with Gasteiger partial charge in [0, 0.05) is 25.4 Å². The number of halogens is 3. The van der Waals surface area contributed by atoms with E-state index in [2.05, 4.69) is 10.3 Å². The van der Waals surface area contributed by atoms with Crippen LogP contribution in [0.15, 0.2) is 30.5 Å². The fourth-order valence-corrected chi connectivity index (χ4v) is 4.50. The van der Waals surface area contributed by atoms with Gasteiger partial charge >= 0.3 is 6.18 Å². The molecule has 0 aliphatic carbocycles. The van der Waals surface area contributed by atoms with Gasteiger partial charge in [-0.1, -0.05) is 6.07 Å². The highest BCUT2D eigenvalue weighted by Gasteiger charge is 2.50. The quantitative estimate of drug-likeness (QED) is 0.814. The average molecular weight is 419 g/mol. The number of amides is 1. The molecule has 0 unspecified atom stereocenters. The van der Waals surface area contributed by atoms with Gasteiger partial charge in [-0.05, 0) is 55.5 Å². The normalized spacial score (nSPS) is 24.1. The second-order valence-electron chi connectivity index (χ2n) is 8.13. The first-order valence-electron chi connectivity index (χ1n) is 9.90. The van der Waals surface area contributed by atoms with Crippen molar-refractivity contribution in [3.05, 3.63) is 47.3 Å². The van der Waals surface area contributed by atoms with Crippen LogP contribution in [0.3, 0.4) is 0 Å². The smallest absolute Gasteiger partial charge is 0.416 e. The van der Waals surface area contributed by atoms with Gasteiger partial charge in [0.1, 0.15) is 11.3 Å². The maximum absolute atomic E-state index is 13.1. The number of hydrogen-bond acceptors (Lipinski definition) is 4. The van der Waals surface area contributed by atoms with Crippen molar-refractivity contribution < 1.29 is 22.7 Å². The number of ether oxygens (including phenoxy) is 1. The Morgan fingerprint density at radius 2 is 2.00 bits per heavy atom. The van der Waals surface area contributed by atoms with Crippen LogP contribution < -0.4 is 10.1 Å². The van der Waals surface area contributed by atoms with Gasteiger partial charge < -0.3 is 9.64 Å². The summed E-state index contributed by atoms with van der Waals surface area (Å²) in [6, 6.07) is 5.32.